The van der Waals surface area contributed by atoms with Crippen LogP contribution in [0.2, 0.25) is 0 Å². The third-order valence-electron chi connectivity index (χ3n) is 4.33. The first-order valence-electron chi connectivity index (χ1n) is 10.6. The number of allylic oxidation sites excluding steroid dienone is 1. The van der Waals surface area contributed by atoms with E-state index in [1.54, 1.807) is 0 Å². The van der Waals surface area contributed by atoms with Gasteiger partial charge in [-0.05, 0) is 39.0 Å². The fraction of sp³-hybridized carbons (Fsp3) is 0.818. The van der Waals surface area contributed by atoms with E-state index in [0.717, 1.165) is 38.5 Å². The molecule has 26 heavy (non-hydrogen) atoms. The summed E-state index contributed by atoms with van der Waals surface area (Å²) in [5.74, 6) is -0.255. The van der Waals surface area contributed by atoms with Gasteiger partial charge in [-0.15, -0.1) is 0 Å². The molecule has 0 saturated carbocycles. The lowest BCUT2D eigenvalue weighted by atomic mass is 10.1. The van der Waals surface area contributed by atoms with Crippen LogP contribution in [0.5, 0.6) is 0 Å². The molecule has 0 spiro atoms. The van der Waals surface area contributed by atoms with Crippen molar-refractivity contribution in [2.75, 3.05) is 6.61 Å². The second-order valence-corrected chi connectivity index (χ2v) is 6.90. The van der Waals surface area contributed by atoms with Gasteiger partial charge in [-0.2, -0.15) is 0 Å². The summed E-state index contributed by atoms with van der Waals surface area (Å²) in [6.07, 6.45) is 18.2. The van der Waals surface area contributed by atoms with Crippen LogP contribution in [0, 0.1) is 0 Å². The van der Waals surface area contributed by atoms with Crippen molar-refractivity contribution in [2.45, 2.75) is 110 Å². The zero-order valence-corrected chi connectivity index (χ0v) is 17.3. The van der Waals surface area contributed by atoms with Crippen molar-refractivity contribution >= 4 is 11.9 Å². The molecule has 0 radical (unpaired) electrons. The molecule has 0 aliphatic heterocycles. The van der Waals surface area contributed by atoms with E-state index in [9.17, 15) is 9.59 Å². The summed E-state index contributed by atoms with van der Waals surface area (Å²) < 4.78 is 10.3. The quantitative estimate of drug-likeness (QED) is 0.176. The van der Waals surface area contributed by atoms with Crippen LogP contribution in [-0.4, -0.2) is 24.6 Å². The Kier molecular flexibility index (Phi) is 17.5. The SMILES string of the molecule is CCCCCC[C@H](CC=CCCCCCCCC(=O)OCC)OC(C)=O. The van der Waals surface area contributed by atoms with Crippen LogP contribution in [0.4, 0.5) is 0 Å². The molecule has 0 N–H and O–H groups in total. The molecule has 0 bridgehead atoms. The van der Waals surface area contributed by atoms with Crippen molar-refractivity contribution in [1.29, 1.82) is 0 Å². The lowest BCUT2D eigenvalue weighted by molar-refractivity contribution is -0.146. The van der Waals surface area contributed by atoms with Crippen molar-refractivity contribution in [1.82, 2.24) is 0 Å². The topological polar surface area (TPSA) is 52.6 Å². The molecule has 0 rings (SSSR count). The molecule has 0 aromatic rings. The Hall–Kier alpha value is -1.32. The van der Waals surface area contributed by atoms with Gasteiger partial charge in [0.15, 0.2) is 0 Å². The molecule has 0 fully saturated rings. The third kappa shape index (κ3) is 17.5. The van der Waals surface area contributed by atoms with E-state index in [1.807, 2.05) is 6.92 Å². The minimum absolute atomic E-state index is 0.0310. The maximum absolute atomic E-state index is 11.2. The molecule has 0 saturated heterocycles. The highest BCUT2D eigenvalue weighted by Gasteiger charge is 2.09. The molecular formula is C22H40O4. The largest absolute Gasteiger partial charge is 0.466 e. The highest BCUT2D eigenvalue weighted by molar-refractivity contribution is 5.69. The predicted molar refractivity (Wildman–Crippen MR) is 107 cm³/mol. The average Bonchev–Trinajstić information content (AvgIpc) is 2.59. The standard InChI is InChI=1S/C22H40O4/c1-4-6-7-14-17-21(26-20(3)23)18-15-12-10-8-9-11-13-16-19-22(24)25-5-2/h12,15,21H,4-11,13-14,16-19H2,1-3H3/t21-/m1/s1. The van der Waals surface area contributed by atoms with Crippen LogP contribution in [0.25, 0.3) is 0 Å². The van der Waals surface area contributed by atoms with Crippen molar-refractivity contribution in [3.05, 3.63) is 12.2 Å². The van der Waals surface area contributed by atoms with Gasteiger partial charge in [0, 0.05) is 19.8 Å². The maximum Gasteiger partial charge on any atom is 0.305 e. The summed E-state index contributed by atoms with van der Waals surface area (Å²) in [5, 5.41) is 0. The van der Waals surface area contributed by atoms with Crippen LogP contribution in [-0.2, 0) is 19.1 Å². The predicted octanol–water partition coefficient (Wildman–Crippen LogP) is 6.13. The number of ether oxygens (including phenoxy) is 2. The minimum Gasteiger partial charge on any atom is -0.466 e. The number of carbonyl (C=O) groups excluding carboxylic acids is 2. The fourth-order valence-corrected chi connectivity index (χ4v) is 2.92. The maximum atomic E-state index is 11.2. The third-order valence-corrected chi connectivity index (χ3v) is 4.33. The second kappa shape index (κ2) is 18.5. The first kappa shape index (κ1) is 24.7. The molecule has 4 nitrogen and oxygen atoms in total. The van der Waals surface area contributed by atoms with Gasteiger partial charge in [0.25, 0.3) is 0 Å². The van der Waals surface area contributed by atoms with Gasteiger partial charge in [-0.3, -0.25) is 9.59 Å². The van der Waals surface area contributed by atoms with E-state index in [-0.39, 0.29) is 18.0 Å². The molecule has 0 aromatic carbocycles. The number of esters is 2. The smallest absolute Gasteiger partial charge is 0.305 e. The van der Waals surface area contributed by atoms with Gasteiger partial charge in [-0.1, -0.05) is 57.6 Å². The monoisotopic (exact) mass is 368 g/mol. The van der Waals surface area contributed by atoms with Crippen molar-refractivity contribution in [3.63, 3.8) is 0 Å². The van der Waals surface area contributed by atoms with E-state index in [1.165, 1.54) is 45.4 Å². The molecule has 0 aliphatic carbocycles. The zero-order chi connectivity index (χ0) is 19.5. The summed E-state index contributed by atoms with van der Waals surface area (Å²) in [4.78, 5) is 22.4. The molecule has 1 atom stereocenters. The van der Waals surface area contributed by atoms with Crippen molar-refractivity contribution in [2.24, 2.45) is 0 Å². The van der Waals surface area contributed by atoms with Crippen LogP contribution in [0.3, 0.4) is 0 Å². The van der Waals surface area contributed by atoms with E-state index < -0.39 is 0 Å². The Balaban J connectivity index is 3.67. The zero-order valence-electron chi connectivity index (χ0n) is 17.3. The van der Waals surface area contributed by atoms with E-state index in [4.69, 9.17) is 9.47 Å². The Labute approximate surface area is 160 Å². The number of rotatable bonds is 17. The first-order chi connectivity index (χ1) is 12.6. The summed E-state index contributed by atoms with van der Waals surface area (Å²) in [5.41, 5.74) is 0. The normalized spacial score (nSPS) is 12.3. The van der Waals surface area contributed by atoms with Crippen LogP contribution >= 0.6 is 0 Å². The van der Waals surface area contributed by atoms with Gasteiger partial charge in [-0.25, -0.2) is 0 Å². The number of hydrogen-bond acceptors (Lipinski definition) is 4. The fourth-order valence-electron chi connectivity index (χ4n) is 2.92. The van der Waals surface area contributed by atoms with Gasteiger partial charge >= 0.3 is 11.9 Å². The molecule has 4 heteroatoms. The summed E-state index contributed by atoms with van der Waals surface area (Å²) in [6.45, 7) is 6.01. The molecule has 0 amide bonds. The molecule has 152 valence electrons. The lowest BCUT2D eigenvalue weighted by Crippen LogP contribution is -2.15. The van der Waals surface area contributed by atoms with Crippen LogP contribution < -0.4 is 0 Å². The molecule has 0 aromatic heterocycles. The van der Waals surface area contributed by atoms with Crippen molar-refractivity contribution in [3.8, 4) is 0 Å². The summed E-state index contributed by atoms with van der Waals surface area (Å²) in [7, 11) is 0. The Bertz CT molecular complexity index is 376. The molecule has 0 unspecified atom stereocenters. The van der Waals surface area contributed by atoms with Gasteiger partial charge < -0.3 is 9.47 Å². The molecule has 0 aliphatic rings. The Morgan fingerprint density at radius 1 is 0.885 bits per heavy atom. The lowest BCUT2D eigenvalue weighted by Gasteiger charge is -2.15. The van der Waals surface area contributed by atoms with E-state index in [0.29, 0.717) is 13.0 Å². The average molecular weight is 369 g/mol. The van der Waals surface area contributed by atoms with Crippen molar-refractivity contribution < 1.29 is 19.1 Å². The highest BCUT2D eigenvalue weighted by Crippen LogP contribution is 2.13. The minimum atomic E-state index is -0.179. The van der Waals surface area contributed by atoms with Gasteiger partial charge in [0.1, 0.15) is 6.10 Å². The highest BCUT2D eigenvalue weighted by atomic mass is 16.5. The number of hydrogen-bond donors (Lipinski definition) is 0. The van der Waals surface area contributed by atoms with E-state index >= 15 is 0 Å². The summed E-state index contributed by atoms with van der Waals surface area (Å²) >= 11 is 0. The van der Waals surface area contributed by atoms with E-state index in [2.05, 4.69) is 19.1 Å². The summed E-state index contributed by atoms with van der Waals surface area (Å²) in [6, 6.07) is 0. The van der Waals surface area contributed by atoms with Gasteiger partial charge in [0.2, 0.25) is 0 Å². The molecule has 0 heterocycles. The Morgan fingerprint density at radius 2 is 1.58 bits per heavy atom. The number of carbonyl (C=O) groups is 2. The Morgan fingerprint density at radius 3 is 2.27 bits per heavy atom. The second-order valence-electron chi connectivity index (χ2n) is 6.90. The first-order valence-corrected chi connectivity index (χ1v) is 10.6. The van der Waals surface area contributed by atoms with Crippen LogP contribution in [0.1, 0.15) is 104 Å². The molecular weight excluding hydrogens is 328 g/mol. The van der Waals surface area contributed by atoms with Gasteiger partial charge in [0.05, 0.1) is 6.61 Å². The van der Waals surface area contributed by atoms with Crippen LogP contribution in [0.15, 0.2) is 12.2 Å². The number of unbranched alkanes of at least 4 members (excludes halogenated alkanes) is 8.